The maximum absolute atomic E-state index is 3.81. The van der Waals surface area contributed by atoms with Gasteiger partial charge in [0.2, 0.25) is 0 Å². The first kappa shape index (κ1) is 12.9. The number of hydrogen-bond donors (Lipinski definition) is 1. The summed E-state index contributed by atoms with van der Waals surface area (Å²) in [7, 11) is 0. The Labute approximate surface area is 113 Å². The number of nitrogens with one attached hydrogen (secondary N) is 1. The van der Waals surface area contributed by atoms with Gasteiger partial charge in [0.15, 0.2) is 0 Å². The van der Waals surface area contributed by atoms with Crippen molar-refractivity contribution in [2.75, 3.05) is 13.1 Å². The van der Waals surface area contributed by atoms with Crippen LogP contribution in [0.2, 0.25) is 0 Å². The Kier molecular flexibility index (Phi) is 3.95. The highest BCUT2D eigenvalue weighted by Gasteiger charge is 2.33. The van der Waals surface area contributed by atoms with E-state index in [1.54, 1.807) is 0 Å². The number of likely N-dealkylation sites (tertiary alicyclic amines) is 1. The van der Waals surface area contributed by atoms with E-state index in [4.69, 9.17) is 0 Å². The van der Waals surface area contributed by atoms with Gasteiger partial charge in [0.1, 0.15) is 0 Å². The second-order valence-electron chi connectivity index (χ2n) is 7.23. The van der Waals surface area contributed by atoms with Crippen LogP contribution in [0.5, 0.6) is 0 Å². The molecule has 1 N–H and O–H groups in total. The first-order chi connectivity index (χ1) is 8.72. The van der Waals surface area contributed by atoms with Crippen molar-refractivity contribution in [3.8, 4) is 0 Å². The summed E-state index contributed by atoms with van der Waals surface area (Å²) in [4.78, 5) is 2.83. The van der Waals surface area contributed by atoms with Gasteiger partial charge in [-0.25, -0.2) is 0 Å². The Morgan fingerprint density at radius 1 is 0.889 bits per heavy atom. The van der Waals surface area contributed by atoms with E-state index in [1.807, 2.05) is 0 Å². The molecule has 2 unspecified atom stereocenters. The van der Waals surface area contributed by atoms with E-state index in [1.165, 1.54) is 58.0 Å². The third-order valence-corrected chi connectivity index (χ3v) is 5.76. The molecular weight excluding hydrogens is 220 g/mol. The van der Waals surface area contributed by atoms with Gasteiger partial charge in [-0.3, -0.25) is 4.90 Å². The van der Waals surface area contributed by atoms with Crippen LogP contribution in [0.25, 0.3) is 0 Å². The number of hydrogen-bond acceptors (Lipinski definition) is 2. The predicted molar refractivity (Wildman–Crippen MR) is 76.7 cm³/mol. The molecule has 3 rings (SSSR count). The van der Waals surface area contributed by atoms with Crippen LogP contribution in [0, 0.1) is 11.8 Å². The summed E-state index contributed by atoms with van der Waals surface area (Å²) in [6, 6.07) is 2.55. The highest BCUT2D eigenvalue weighted by atomic mass is 15.2. The van der Waals surface area contributed by atoms with Crippen molar-refractivity contribution in [2.45, 2.75) is 76.9 Å². The molecule has 0 aromatic heterocycles. The lowest BCUT2D eigenvalue weighted by Crippen LogP contribution is -2.43. The largest absolute Gasteiger partial charge is 0.310 e. The van der Waals surface area contributed by atoms with Gasteiger partial charge in [0.25, 0.3) is 0 Å². The van der Waals surface area contributed by atoms with E-state index in [2.05, 4.69) is 24.1 Å². The SMILES string of the molecule is CC(C)C1CCC(N2CCC3CCC(C2)N3)CC1. The van der Waals surface area contributed by atoms with Crippen molar-refractivity contribution < 1.29 is 0 Å². The van der Waals surface area contributed by atoms with Crippen LogP contribution in [-0.4, -0.2) is 36.1 Å². The van der Waals surface area contributed by atoms with Crippen LogP contribution in [-0.2, 0) is 0 Å². The van der Waals surface area contributed by atoms with Crippen molar-refractivity contribution >= 4 is 0 Å². The fourth-order valence-corrected chi connectivity index (χ4v) is 4.44. The molecule has 0 amide bonds. The van der Waals surface area contributed by atoms with E-state index in [0.29, 0.717) is 0 Å². The average Bonchev–Trinajstić information content (AvgIpc) is 2.69. The summed E-state index contributed by atoms with van der Waals surface area (Å²) in [6.07, 6.45) is 10.1. The van der Waals surface area contributed by atoms with Gasteiger partial charge in [0, 0.05) is 24.7 Å². The van der Waals surface area contributed by atoms with Crippen LogP contribution in [0.1, 0.15) is 58.8 Å². The van der Waals surface area contributed by atoms with Gasteiger partial charge in [-0.1, -0.05) is 13.8 Å². The van der Waals surface area contributed by atoms with Crippen LogP contribution in [0.4, 0.5) is 0 Å². The third kappa shape index (κ3) is 2.75. The van der Waals surface area contributed by atoms with Gasteiger partial charge in [-0.15, -0.1) is 0 Å². The molecule has 0 aromatic carbocycles. The maximum atomic E-state index is 3.81. The Morgan fingerprint density at radius 2 is 1.61 bits per heavy atom. The molecule has 2 bridgehead atoms. The lowest BCUT2D eigenvalue weighted by atomic mass is 9.79. The van der Waals surface area contributed by atoms with Crippen molar-refractivity contribution in [2.24, 2.45) is 11.8 Å². The fraction of sp³-hybridized carbons (Fsp3) is 1.00. The van der Waals surface area contributed by atoms with Crippen LogP contribution in [0.3, 0.4) is 0 Å². The molecule has 18 heavy (non-hydrogen) atoms. The summed E-state index contributed by atoms with van der Waals surface area (Å²) < 4.78 is 0. The molecule has 2 aliphatic heterocycles. The molecule has 104 valence electrons. The Morgan fingerprint density at radius 3 is 2.33 bits per heavy atom. The lowest BCUT2D eigenvalue weighted by molar-refractivity contribution is 0.118. The zero-order chi connectivity index (χ0) is 12.5. The van der Waals surface area contributed by atoms with E-state index >= 15 is 0 Å². The van der Waals surface area contributed by atoms with Gasteiger partial charge >= 0.3 is 0 Å². The van der Waals surface area contributed by atoms with Gasteiger partial charge in [-0.05, 0) is 63.3 Å². The molecule has 1 saturated carbocycles. The molecule has 2 heteroatoms. The zero-order valence-electron chi connectivity index (χ0n) is 12.2. The Hall–Kier alpha value is -0.0800. The fourth-order valence-electron chi connectivity index (χ4n) is 4.44. The van der Waals surface area contributed by atoms with Crippen LogP contribution < -0.4 is 5.32 Å². The molecule has 2 atom stereocenters. The van der Waals surface area contributed by atoms with E-state index in [9.17, 15) is 0 Å². The maximum Gasteiger partial charge on any atom is 0.0198 e. The Balaban J connectivity index is 1.53. The molecule has 3 aliphatic rings. The van der Waals surface area contributed by atoms with Crippen molar-refractivity contribution in [1.82, 2.24) is 10.2 Å². The van der Waals surface area contributed by atoms with E-state index < -0.39 is 0 Å². The van der Waals surface area contributed by atoms with E-state index in [0.717, 1.165) is 30.0 Å². The molecule has 2 saturated heterocycles. The van der Waals surface area contributed by atoms with Crippen molar-refractivity contribution in [3.05, 3.63) is 0 Å². The van der Waals surface area contributed by atoms with Crippen LogP contribution in [0.15, 0.2) is 0 Å². The second kappa shape index (κ2) is 5.50. The number of nitrogens with zero attached hydrogens (tertiary/aromatic N) is 1. The molecule has 0 spiro atoms. The summed E-state index contributed by atoms with van der Waals surface area (Å²) in [5.74, 6) is 1.90. The van der Waals surface area contributed by atoms with Crippen molar-refractivity contribution in [1.29, 1.82) is 0 Å². The second-order valence-corrected chi connectivity index (χ2v) is 7.23. The molecule has 1 aliphatic carbocycles. The summed E-state index contributed by atoms with van der Waals surface area (Å²) in [6.45, 7) is 7.48. The molecule has 3 fully saturated rings. The average molecular weight is 250 g/mol. The molecule has 2 nitrogen and oxygen atoms in total. The first-order valence-electron chi connectivity index (χ1n) is 8.22. The molecular formula is C16H30N2. The number of fused-ring (bicyclic) bond motifs is 2. The van der Waals surface area contributed by atoms with E-state index in [-0.39, 0.29) is 0 Å². The summed E-state index contributed by atoms with van der Waals surface area (Å²) in [5.41, 5.74) is 0. The standard InChI is InChI=1S/C16H30N2/c1-12(2)13-3-7-16(8-4-13)18-10-9-14-5-6-15(11-18)17-14/h12-17H,3-11H2,1-2H3. The third-order valence-electron chi connectivity index (χ3n) is 5.76. The van der Waals surface area contributed by atoms with Gasteiger partial charge in [0.05, 0.1) is 0 Å². The van der Waals surface area contributed by atoms with Crippen molar-refractivity contribution in [3.63, 3.8) is 0 Å². The van der Waals surface area contributed by atoms with Gasteiger partial charge < -0.3 is 5.32 Å². The highest BCUT2D eigenvalue weighted by molar-refractivity contribution is 4.92. The normalized spacial score (nSPS) is 42.2. The summed E-state index contributed by atoms with van der Waals surface area (Å²) in [5, 5.41) is 3.81. The zero-order valence-corrected chi connectivity index (χ0v) is 12.2. The minimum atomic E-state index is 0.806. The van der Waals surface area contributed by atoms with Crippen LogP contribution >= 0.6 is 0 Å². The monoisotopic (exact) mass is 250 g/mol. The minimum absolute atomic E-state index is 0.806. The highest BCUT2D eigenvalue weighted by Crippen LogP contribution is 2.33. The number of rotatable bonds is 2. The smallest absolute Gasteiger partial charge is 0.0198 e. The molecule has 2 heterocycles. The quantitative estimate of drug-likeness (QED) is 0.810. The first-order valence-corrected chi connectivity index (χ1v) is 8.22. The minimum Gasteiger partial charge on any atom is -0.310 e. The lowest BCUT2D eigenvalue weighted by Gasteiger charge is -2.38. The molecule has 0 radical (unpaired) electrons. The molecule has 0 aromatic rings. The topological polar surface area (TPSA) is 15.3 Å². The summed E-state index contributed by atoms with van der Waals surface area (Å²) >= 11 is 0. The van der Waals surface area contributed by atoms with Gasteiger partial charge in [-0.2, -0.15) is 0 Å². The predicted octanol–water partition coefficient (Wildman–Crippen LogP) is 3.03. The Bertz CT molecular complexity index is 268.